The average Bonchev–Trinajstić information content (AvgIpc) is 3.19. The molecule has 0 atom stereocenters. The lowest BCUT2D eigenvalue weighted by Gasteiger charge is -2.20. The van der Waals surface area contributed by atoms with E-state index in [1.54, 1.807) is 23.9 Å². The molecule has 0 aromatic heterocycles. The van der Waals surface area contributed by atoms with Crippen LogP contribution >= 0.6 is 23.4 Å². The highest BCUT2D eigenvalue weighted by atomic mass is 35.5. The lowest BCUT2D eigenvalue weighted by molar-refractivity contribution is -0.114. The van der Waals surface area contributed by atoms with Crippen molar-refractivity contribution in [3.8, 4) is 0 Å². The van der Waals surface area contributed by atoms with Gasteiger partial charge in [0.2, 0.25) is 0 Å². The Labute approximate surface area is 155 Å². The zero-order valence-corrected chi connectivity index (χ0v) is 15.2. The van der Waals surface area contributed by atoms with E-state index in [4.69, 9.17) is 11.6 Å². The minimum Gasteiger partial charge on any atom is -0.289 e. The molecule has 2 aliphatic heterocycles. The van der Waals surface area contributed by atoms with Crippen LogP contribution in [-0.4, -0.2) is 28.6 Å². The first-order chi connectivity index (χ1) is 12.1. The molecule has 2 fully saturated rings. The van der Waals surface area contributed by atoms with Crippen LogP contribution in [0, 0.1) is 5.82 Å². The van der Waals surface area contributed by atoms with Gasteiger partial charge in [0.1, 0.15) is 11.5 Å². The minimum atomic E-state index is -0.650. The number of anilines is 1. The van der Waals surface area contributed by atoms with Gasteiger partial charge in [0.25, 0.3) is 5.91 Å². The molecule has 0 bridgehead atoms. The first-order valence-electron chi connectivity index (χ1n) is 8.58. The molecule has 1 aliphatic carbocycles. The van der Waals surface area contributed by atoms with Crippen LogP contribution in [0.5, 0.6) is 0 Å². The fourth-order valence-electron chi connectivity index (χ4n) is 3.62. The third-order valence-electron chi connectivity index (χ3n) is 4.90. The molecular weight excluding hydrogens is 363 g/mol. The van der Waals surface area contributed by atoms with E-state index in [2.05, 4.69) is 0 Å². The number of rotatable bonds is 3. The molecule has 1 aromatic carbocycles. The Hall–Kier alpha value is -1.53. The number of imide groups is 1. The number of carbonyl (C=O) groups is 2. The van der Waals surface area contributed by atoms with Gasteiger partial charge in [0.05, 0.1) is 10.7 Å². The van der Waals surface area contributed by atoms with Crippen molar-refractivity contribution in [3.05, 3.63) is 34.7 Å². The second kappa shape index (κ2) is 6.65. The second-order valence-corrected chi connectivity index (χ2v) is 8.31. The van der Waals surface area contributed by atoms with Crippen LogP contribution in [-0.2, 0) is 4.79 Å². The van der Waals surface area contributed by atoms with E-state index in [0.29, 0.717) is 22.5 Å². The van der Waals surface area contributed by atoms with Crippen LogP contribution in [0.1, 0.15) is 38.5 Å². The summed E-state index contributed by atoms with van der Waals surface area (Å²) < 4.78 is 14.5. The van der Waals surface area contributed by atoms with Gasteiger partial charge in [-0.15, -0.1) is 11.8 Å². The van der Waals surface area contributed by atoms with Gasteiger partial charge in [0, 0.05) is 16.7 Å². The molecule has 1 saturated heterocycles. The topological polar surface area (TPSA) is 40.6 Å². The van der Waals surface area contributed by atoms with E-state index in [1.165, 1.54) is 23.8 Å². The van der Waals surface area contributed by atoms with Gasteiger partial charge in [0.15, 0.2) is 0 Å². The number of allylic oxidation sites excluding steroid dienone is 1. The summed E-state index contributed by atoms with van der Waals surface area (Å²) >= 11 is 7.82. The van der Waals surface area contributed by atoms with Gasteiger partial charge < -0.3 is 0 Å². The Morgan fingerprint density at radius 1 is 1.16 bits per heavy atom. The van der Waals surface area contributed by atoms with Crippen molar-refractivity contribution in [2.75, 3.05) is 11.4 Å². The average molecular weight is 381 g/mol. The van der Waals surface area contributed by atoms with Crippen molar-refractivity contribution in [1.29, 1.82) is 0 Å². The number of halogens is 2. The van der Waals surface area contributed by atoms with Crippen LogP contribution in [0.3, 0.4) is 0 Å². The second-order valence-electron chi connectivity index (χ2n) is 6.56. The maximum Gasteiger partial charge on any atom is 0.336 e. The number of hydrogen-bond donors (Lipinski definition) is 0. The number of fused-ring (bicyclic) bond motifs is 1. The number of amides is 3. The normalized spacial score (nSPS) is 21.1. The standard InChI is InChI=1S/C18H18ClFN2O2S/c19-12-9-13(20)15(10-16(12)25-11-5-1-2-6-11)22-17(23)14-7-3-4-8-21(14)18(22)24/h7,9-11H,1-6,8H2. The number of urea groups is 1. The molecule has 7 heteroatoms. The molecule has 0 radical (unpaired) electrons. The molecule has 132 valence electrons. The Kier molecular flexibility index (Phi) is 4.50. The molecule has 1 saturated carbocycles. The Balaban J connectivity index is 1.69. The maximum atomic E-state index is 14.5. The zero-order chi connectivity index (χ0) is 17.6. The molecule has 2 heterocycles. The quantitative estimate of drug-likeness (QED) is 0.696. The summed E-state index contributed by atoms with van der Waals surface area (Å²) in [6.07, 6.45) is 7.91. The van der Waals surface area contributed by atoms with Crippen LogP contribution in [0.4, 0.5) is 14.9 Å². The predicted octanol–water partition coefficient (Wildman–Crippen LogP) is 4.96. The molecule has 25 heavy (non-hydrogen) atoms. The summed E-state index contributed by atoms with van der Waals surface area (Å²) in [5.74, 6) is -1.11. The van der Waals surface area contributed by atoms with Gasteiger partial charge in [-0.05, 0) is 37.8 Å². The van der Waals surface area contributed by atoms with Crippen LogP contribution in [0.2, 0.25) is 5.02 Å². The third kappa shape index (κ3) is 2.95. The fraction of sp³-hybridized carbons (Fsp3) is 0.444. The fourth-order valence-corrected chi connectivity index (χ4v) is 5.18. The zero-order valence-electron chi connectivity index (χ0n) is 13.6. The molecule has 3 aliphatic rings. The smallest absolute Gasteiger partial charge is 0.289 e. The van der Waals surface area contributed by atoms with Gasteiger partial charge >= 0.3 is 6.03 Å². The van der Waals surface area contributed by atoms with E-state index in [1.807, 2.05) is 0 Å². The van der Waals surface area contributed by atoms with Crippen molar-refractivity contribution in [2.24, 2.45) is 0 Å². The molecule has 4 rings (SSSR count). The first kappa shape index (κ1) is 16.9. The molecule has 0 spiro atoms. The van der Waals surface area contributed by atoms with Crippen molar-refractivity contribution in [2.45, 2.75) is 48.7 Å². The third-order valence-corrected chi connectivity index (χ3v) is 6.72. The highest BCUT2D eigenvalue weighted by molar-refractivity contribution is 8.00. The lowest BCUT2D eigenvalue weighted by atomic mass is 10.2. The van der Waals surface area contributed by atoms with Crippen LogP contribution in [0.15, 0.2) is 28.8 Å². The van der Waals surface area contributed by atoms with Gasteiger partial charge in [-0.3, -0.25) is 9.69 Å². The highest BCUT2D eigenvalue weighted by Crippen LogP contribution is 2.42. The Morgan fingerprint density at radius 3 is 2.64 bits per heavy atom. The molecule has 4 nitrogen and oxygen atoms in total. The summed E-state index contributed by atoms with van der Waals surface area (Å²) in [7, 11) is 0. The summed E-state index contributed by atoms with van der Waals surface area (Å²) in [6, 6.07) is 2.28. The van der Waals surface area contributed by atoms with Crippen LogP contribution in [0.25, 0.3) is 0 Å². The Bertz CT molecular complexity index is 777. The summed E-state index contributed by atoms with van der Waals surface area (Å²) in [6.45, 7) is 0.492. The lowest BCUT2D eigenvalue weighted by Crippen LogP contribution is -2.34. The molecule has 0 unspecified atom stereocenters. The van der Waals surface area contributed by atoms with Crippen molar-refractivity contribution in [1.82, 2.24) is 4.90 Å². The van der Waals surface area contributed by atoms with Gasteiger partial charge in [-0.25, -0.2) is 14.1 Å². The minimum absolute atomic E-state index is 0.00445. The summed E-state index contributed by atoms with van der Waals surface area (Å²) in [4.78, 5) is 28.4. The van der Waals surface area contributed by atoms with Gasteiger partial charge in [-0.1, -0.05) is 30.5 Å². The van der Waals surface area contributed by atoms with Crippen molar-refractivity contribution in [3.63, 3.8) is 0 Å². The molecule has 3 amide bonds. The van der Waals surface area contributed by atoms with E-state index < -0.39 is 17.8 Å². The summed E-state index contributed by atoms with van der Waals surface area (Å²) in [5.41, 5.74) is 0.353. The highest BCUT2D eigenvalue weighted by Gasteiger charge is 2.43. The van der Waals surface area contributed by atoms with Gasteiger partial charge in [-0.2, -0.15) is 0 Å². The van der Waals surface area contributed by atoms with Crippen molar-refractivity contribution < 1.29 is 14.0 Å². The first-order valence-corrected chi connectivity index (χ1v) is 9.84. The monoisotopic (exact) mass is 380 g/mol. The number of thioether (sulfide) groups is 1. The number of benzene rings is 1. The van der Waals surface area contributed by atoms with Crippen molar-refractivity contribution >= 4 is 41.0 Å². The van der Waals surface area contributed by atoms with E-state index in [9.17, 15) is 14.0 Å². The Morgan fingerprint density at radius 2 is 1.92 bits per heavy atom. The molecular formula is C18H18ClFN2O2S. The number of carbonyl (C=O) groups excluding carboxylic acids is 2. The largest absolute Gasteiger partial charge is 0.336 e. The molecule has 1 aromatic rings. The molecule has 0 N–H and O–H groups in total. The predicted molar refractivity (Wildman–Crippen MR) is 96.4 cm³/mol. The summed E-state index contributed by atoms with van der Waals surface area (Å²) in [5, 5.41) is 0.781. The number of hydrogen-bond acceptors (Lipinski definition) is 3. The van der Waals surface area contributed by atoms with E-state index >= 15 is 0 Å². The number of nitrogens with zero attached hydrogens (tertiary/aromatic N) is 2. The van der Waals surface area contributed by atoms with Crippen LogP contribution < -0.4 is 4.90 Å². The maximum absolute atomic E-state index is 14.5. The van der Waals surface area contributed by atoms with E-state index in [-0.39, 0.29) is 5.69 Å². The SMILES string of the molecule is O=C1C2=CCCCN2C(=O)N1c1cc(SC2CCCC2)c(Cl)cc1F. The van der Waals surface area contributed by atoms with E-state index in [0.717, 1.165) is 35.5 Å².